The number of rotatable bonds is 2. The van der Waals surface area contributed by atoms with E-state index in [2.05, 4.69) is 27.5 Å². The van der Waals surface area contributed by atoms with Gasteiger partial charge in [-0.2, -0.15) is 13.2 Å². The second-order valence-electron chi connectivity index (χ2n) is 6.14. The Hall–Kier alpha value is -2.61. The molecule has 2 aromatic carbocycles. The number of hydrogen-bond donors (Lipinski definition) is 2. The molecule has 0 radical (unpaired) electrons. The van der Waals surface area contributed by atoms with Gasteiger partial charge in [0.25, 0.3) is 0 Å². The number of aliphatic imine (C=N–C) groups is 1. The molecular weight excluding hydrogens is 510 g/mol. The highest BCUT2D eigenvalue weighted by Crippen LogP contribution is 2.32. The first kappa shape index (κ1) is 23.7. The van der Waals surface area contributed by atoms with Crippen LogP contribution < -0.4 is 20.1 Å². The van der Waals surface area contributed by atoms with Crippen LogP contribution in [0.15, 0.2) is 47.5 Å². The molecule has 1 aliphatic heterocycles. The van der Waals surface area contributed by atoms with Crippen LogP contribution in [0.3, 0.4) is 0 Å². The molecule has 0 unspecified atom stereocenters. The monoisotopic (exact) mass is 531 g/mol. The lowest BCUT2D eigenvalue weighted by Gasteiger charge is -2.12. The molecule has 2 aromatic rings. The highest BCUT2D eigenvalue weighted by molar-refractivity contribution is 14.0. The quantitative estimate of drug-likeness (QED) is 0.259. The molecule has 30 heavy (non-hydrogen) atoms. The van der Waals surface area contributed by atoms with Crippen LogP contribution in [0.4, 0.5) is 18.9 Å². The Balaban J connectivity index is 0.00000320. The van der Waals surface area contributed by atoms with E-state index in [1.165, 1.54) is 12.1 Å². The average molecular weight is 531 g/mol. The molecule has 0 bridgehead atoms. The normalized spacial score (nSPS) is 13.3. The summed E-state index contributed by atoms with van der Waals surface area (Å²) in [6.45, 7) is 1.49. The van der Waals surface area contributed by atoms with Crippen LogP contribution in [0, 0.1) is 11.8 Å². The van der Waals surface area contributed by atoms with Crippen molar-refractivity contribution >= 4 is 35.6 Å². The van der Waals surface area contributed by atoms with Crippen LogP contribution in [0.5, 0.6) is 11.5 Å². The molecule has 0 aromatic heterocycles. The van der Waals surface area contributed by atoms with Crippen LogP contribution in [0.1, 0.15) is 17.5 Å². The van der Waals surface area contributed by atoms with Gasteiger partial charge in [-0.3, -0.25) is 4.99 Å². The number of halogens is 4. The molecule has 9 heteroatoms. The first-order chi connectivity index (χ1) is 14.0. The summed E-state index contributed by atoms with van der Waals surface area (Å²) in [5, 5.41) is 6.16. The van der Waals surface area contributed by atoms with Gasteiger partial charge in [-0.15, -0.1) is 24.0 Å². The molecule has 2 N–H and O–H groups in total. The predicted octanol–water partition coefficient (Wildman–Crippen LogP) is 4.52. The van der Waals surface area contributed by atoms with Gasteiger partial charge in [0.05, 0.1) is 25.3 Å². The minimum atomic E-state index is -4.35. The smallest absolute Gasteiger partial charge is 0.416 e. The SMILES string of the molecule is CN=C(NCC#Cc1ccc(C(F)(F)F)cc1)Nc1ccc2c(c1)OCCCO2.I. The van der Waals surface area contributed by atoms with E-state index in [0.29, 0.717) is 36.2 Å². The third-order valence-corrected chi connectivity index (χ3v) is 4.02. The molecule has 0 spiro atoms. The van der Waals surface area contributed by atoms with Gasteiger partial charge in [0.2, 0.25) is 0 Å². The lowest BCUT2D eigenvalue weighted by atomic mass is 10.1. The van der Waals surface area contributed by atoms with Crippen molar-refractivity contribution in [2.24, 2.45) is 4.99 Å². The molecule has 3 rings (SSSR count). The highest BCUT2D eigenvalue weighted by Gasteiger charge is 2.29. The zero-order valence-corrected chi connectivity index (χ0v) is 18.5. The van der Waals surface area contributed by atoms with Crippen molar-refractivity contribution < 1.29 is 22.6 Å². The second-order valence-corrected chi connectivity index (χ2v) is 6.14. The number of guanidine groups is 1. The fourth-order valence-corrected chi connectivity index (χ4v) is 2.57. The van der Waals surface area contributed by atoms with Crippen LogP contribution >= 0.6 is 24.0 Å². The number of anilines is 1. The van der Waals surface area contributed by atoms with E-state index in [1.807, 2.05) is 18.2 Å². The van der Waals surface area contributed by atoms with E-state index < -0.39 is 11.7 Å². The van der Waals surface area contributed by atoms with Crippen LogP contribution in [0.25, 0.3) is 0 Å². The number of nitrogens with zero attached hydrogens (tertiary/aromatic N) is 1. The fraction of sp³-hybridized carbons (Fsp3) is 0.286. The van der Waals surface area contributed by atoms with Gasteiger partial charge in [0.15, 0.2) is 17.5 Å². The number of fused-ring (bicyclic) bond motifs is 1. The zero-order valence-electron chi connectivity index (χ0n) is 16.2. The molecule has 160 valence electrons. The molecule has 1 aliphatic rings. The Morgan fingerprint density at radius 1 is 1.07 bits per heavy atom. The van der Waals surface area contributed by atoms with E-state index in [9.17, 15) is 13.2 Å². The Kier molecular flexibility index (Phi) is 8.65. The number of nitrogens with one attached hydrogen (secondary N) is 2. The molecule has 5 nitrogen and oxygen atoms in total. The largest absolute Gasteiger partial charge is 0.490 e. The number of alkyl halides is 3. The summed E-state index contributed by atoms with van der Waals surface area (Å²) in [6, 6.07) is 10.3. The molecule has 0 amide bonds. The first-order valence-electron chi connectivity index (χ1n) is 8.99. The first-order valence-corrected chi connectivity index (χ1v) is 8.99. The lowest BCUT2D eigenvalue weighted by molar-refractivity contribution is -0.137. The highest BCUT2D eigenvalue weighted by atomic mass is 127. The molecule has 0 aliphatic carbocycles. The van der Waals surface area contributed by atoms with Crippen LogP contribution in [0.2, 0.25) is 0 Å². The third kappa shape index (κ3) is 6.73. The maximum Gasteiger partial charge on any atom is 0.416 e. The van der Waals surface area contributed by atoms with E-state index in [-0.39, 0.29) is 30.5 Å². The van der Waals surface area contributed by atoms with E-state index in [4.69, 9.17) is 9.47 Å². The number of hydrogen-bond acceptors (Lipinski definition) is 3. The zero-order chi connectivity index (χ0) is 20.7. The summed E-state index contributed by atoms with van der Waals surface area (Å²) in [5.41, 5.74) is 0.588. The molecular formula is C21H21F3IN3O2. The standard InChI is InChI=1S/C21H20F3N3O2.HI/c1-25-20(27-17-9-10-18-19(14-17)29-13-3-12-28-18)26-11-2-4-15-5-7-16(8-6-15)21(22,23)24;/h5-10,14H,3,11-13H2,1H3,(H2,25,26,27);1H. The van der Waals surface area contributed by atoms with Crippen molar-refractivity contribution in [3.63, 3.8) is 0 Å². The van der Waals surface area contributed by atoms with Crippen molar-refractivity contribution in [2.45, 2.75) is 12.6 Å². The summed E-state index contributed by atoms with van der Waals surface area (Å²) in [6.07, 6.45) is -3.52. The van der Waals surface area contributed by atoms with Crippen molar-refractivity contribution in [2.75, 3.05) is 32.1 Å². The van der Waals surface area contributed by atoms with Crippen molar-refractivity contribution in [1.29, 1.82) is 0 Å². The van der Waals surface area contributed by atoms with Gasteiger partial charge in [-0.1, -0.05) is 11.8 Å². The Bertz CT molecular complexity index is 935. The minimum absolute atomic E-state index is 0. The van der Waals surface area contributed by atoms with Gasteiger partial charge in [-0.25, -0.2) is 0 Å². The van der Waals surface area contributed by atoms with E-state index in [0.717, 1.165) is 24.2 Å². The van der Waals surface area contributed by atoms with Gasteiger partial charge >= 0.3 is 6.18 Å². The van der Waals surface area contributed by atoms with Gasteiger partial charge in [0, 0.05) is 30.8 Å². The van der Waals surface area contributed by atoms with Crippen molar-refractivity contribution in [1.82, 2.24) is 5.32 Å². The van der Waals surface area contributed by atoms with Crippen LogP contribution in [-0.2, 0) is 6.18 Å². The van der Waals surface area contributed by atoms with Crippen molar-refractivity contribution in [3.05, 3.63) is 53.6 Å². The molecule has 1 heterocycles. The minimum Gasteiger partial charge on any atom is -0.490 e. The average Bonchev–Trinajstić information content (AvgIpc) is 2.95. The van der Waals surface area contributed by atoms with E-state index in [1.54, 1.807) is 7.05 Å². The molecule has 0 saturated carbocycles. The van der Waals surface area contributed by atoms with Crippen LogP contribution in [-0.4, -0.2) is 32.8 Å². The number of ether oxygens (including phenoxy) is 2. The predicted molar refractivity (Wildman–Crippen MR) is 121 cm³/mol. The maximum atomic E-state index is 12.6. The summed E-state index contributed by atoms with van der Waals surface area (Å²) in [7, 11) is 1.63. The summed E-state index contributed by atoms with van der Waals surface area (Å²) < 4.78 is 49.0. The van der Waals surface area contributed by atoms with Gasteiger partial charge in [-0.05, 0) is 36.4 Å². The Morgan fingerprint density at radius 2 is 1.77 bits per heavy atom. The molecule has 0 atom stereocenters. The third-order valence-electron chi connectivity index (χ3n) is 4.02. The molecule has 0 fully saturated rings. The van der Waals surface area contributed by atoms with Crippen molar-refractivity contribution in [3.8, 4) is 23.3 Å². The lowest BCUT2D eigenvalue weighted by Crippen LogP contribution is -2.30. The second kappa shape index (κ2) is 11.0. The topological polar surface area (TPSA) is 54.9 Å². The summed E-state index contributed by atoms with van der Waals surface area (Å²) in [5.74, 6) is 7.56. The maximum absolute atomic E-state index is 12.6. The fourth-order valence-electron chi connectivity index (χ4n) is 2.57. The van der Waals surface area contributed by atoms with Gasteiger partial charge in [0.1, 0.15) is 0 Å². The number of benzene rings is 2. The van der Waals surface area contributed by atoms with E-state index >= 15 is 0 Å². The molecule has 0 saturated heterocycles. The van der Waals surface area contributed by atoms with Gasteiger partial charge < -0.3 is 20.1 Å². The Labute approximate surface area is 190 Å². The summed E-state index contributed by atoms with van der Waals surface area (Å²) >= 11 is 0. The Morgan fingerprint density at radius 3 is 2.43 bits per heavy atom. The summed E-state index contributed by atoms with van der Waals surface area (Å²) in [4.78, 5) is 4.13.